The third-order valence-corrected chi connectivity index (χ3v) is 0.158. The smallest absolute Gasteiger partial charge is 0.300 e. The summed E-state index contributed by atoms with van der Waals surface area (Å²) in [5.74, 6) is -0.833. The molecule has 0 atom stereocenters. The van der Waals surface area contributed by atoms with Crippen LogP contribution in [-0.2, 0) is 4.79 Å². The molecule has 0 aromatic rings. The summed E-state index contributed by atoms with van der Waals surface area (Å²) in [7, 11) is 0. The van der Waals surface area contributed by atoms with E-state index in [0.29, 0.717) is 6.42 Å². The molecule has 0 amide bonds. The number of carboxylic acids is 1. The first-order chi connectivity index (χ1) is 3.65. The van der Waals surface area contributed by atoms with Crippen molar-refractivity contribution >= 4 is 5.97 Å². The van der Waals surface area contributed by atoms with E-state index < -0.39 is 5.97 Å². The van der Waals surface area contributed by atoms with E-state index in [2.05, 4.69) is 6.92 Å². The van der Waals surface area contributed by atoms with Crippen molar-refractivity contribution in [1.29, 1.82) is 0 Å². The van der Waals surface area contributed by atoms with Crippen LogP contribution in [0, 0.1) is 6.92 Å². The maximum absolute atomic E-state index is 9.00. The van der Waals surface area contributed by atoms with Gasteiger partial charge in [-0.25, -0.2) is 0 Å². The van der Waals surface area contributed by atoms with Gasteiger partial charge in [-0.3, -0.25) is 4.79 Å². The molecule has 0 saturated heterocycles. The molecular weight excluding hydrogens is 108 g/mol. The Morgan fingerprint density at radius 1 is 1.75 bits per heavy atom. The summed E-state index contributed by atoms with van der Waals surface area (Å²) >= 11 is 0. The van der Waals surface area contributed by atoms with Crippen LogP contribution in [0.2, 0.25) is 0 Å². The standard InChI is InChI=1S/C3H7O.C2H4O2/c1-2-3-4;1-2(3)4/h4H,1-3H2;1H3,(H,3,4). The highest BCUT2D eigenvalue weighted by Gasteiger charge is 1.65. The van der Waals surface area contributed by atoms with Crippen molar-refractivity contribution in [3.05, 3.63) is 6.92 Å². The molecule has 0 unspecified atom stereocenters. The van der Waals surface area contributed by atoms with E-state index in [-0.39, 0.29) is 6.61 Å². The molecule has 1 radical (unpaired) electrons. The first-order valence-corrected chi connectivity index (χ1v) is 2.24. The highest BCUT2D eigenvalue weighted by molar-refractivity contribution is 5.62. The molecule has 0 aromatic heterocycles. The molecule has 8 heavy (non-hydrogen) atoms. The third-order valence-electron chi connectivity index (χ3n) is 0.158. The van der Waals surface area contributed by atoms with Gasteiger partial charge < -0.3 is 10.2 Å². The fourth-order valence-electron chi connectivity index (χ4n) is 0. The lowest BCUT2D eigenvalue weighted by Crippen LogP contribution is -1.78. The van der Waals surface area contributed by atoms with Gasteiger partial charge in [0.1, 0.15) is 0 Å². The number of rotatable bonds is 1. The topological polar surface area (TPSA) is 57.5 Å². The van der Waals surface area contributed by atoms with Gasteiger partial charge >= 0.3 is 0 Å². The van der Waals surface area contributed by atoms with Crippen molar-refractivity contribution in [2.75, 3.05) is 6.61 Å². The van der Waals surface area contributed by atoms with Crippen LogP contribution in [0.1, 0.15) is 13.3 Å². The van der Waals surface area contributed by atoms with E-state index in [1.165, 1.54) is 0 Å². The molecule has 0 fully saturated rings. The lowest BCUT2D eigenvalue weighted by atomic mass is 10.5. The average Bonchev–Trinajstić information content (AvgIpc) is 1.65. The van der Waals surface area contributed by atoms with Gasteiger partial charge in [-0.1, -0.05) is 6.92 Å². The SMILES string of the molecule is CC(=O)O.[CH2]CCO. The van der Waals surface area contributed by atoms with Crippen LogP contribution in [0.3, 0.4) is 0 Å². The molecule has 0 aliphatic rings. The van der Waals surface area contributed by atoms with Crippen molar-refractivity contribution in [1.82, 2.24) is 0 Å². The van der Waals surface area contributed by atoms with Crippen LogP contribution in [0.15, 0.2) is 0 Å². The van der Waals surface area contributed by atoms with Crippen LogP contribution in [-0.4, -0.2) is 22.8 Å². The van der Waals surface area contributed by atoms with Gasteiger partial charge in [0.25, 0.3) is 5.97 Å². The number of hydrogen-bond donors (Lipinski definition) is 2. The van der Waals surface area contributed by atoms with Crippen molar-refractivity contribution in [3.63, 3.8) is 0 Å². The Hall–Kier alpha value is -0.570. The first kappa shape index (κ1) is 10.4. The summed E-state index contributed by atoms with van der Waals surface area (Å²) in [6, 6.07) is 0. The Labute approximate surface area is 49.0 Å². The second-order valence-corrected chi connectivity index (χ2v) is 1.10. The van der Waals surface area contributed by atoms with E-state index in [4.69, 9.17) is 15.0 Å². The molecule has 49 valence electrons. The summed E-state index contributed by atoms with van der Waals surface area (Å²) in [5.41, 5.74) is 0. The zero-order valence-electron chi connectivity index (χ0n) is 4.92. The molecule has 0 spiro atoms. The van der Waals surface area contributed by atoms with Crippen LogP contribution in [0.4, 0.5) is 0 Å². The summed E-state index contributed by atoms with van der Waals surface area (Å²) in [4.78, 5) is 9.00. The molecule has 0 bridgehead atoms. The second-order valence-electron chi connectivity index (χ2n) is 1.10. The fraction of sp³-hybridized carbons (Fsp3) is 0.600. The summed E-state index contributed by atoms with van der Waals surface area (Å²) in [5, 5.41) is 15.2. The Kier molecular flexibility index (Phi) is 12.6. The lowest BCUT2D eigenvalue weighted by Gasteiger charge is -1.69. The number of carbonyl (C=O) groups is 1. The molecule has 3 heteroatoms. The highest BCUT2D eigenvalue weighted by Crippen LogP contribution is 1.60. The Morgan fingerprint density at radius 2 is 1.88 bits per heavy atom. The van der Waals surface area contributed by atoms with E-state index in [1.54, 1.807) is 0 Å². The molecular formula is C5H11O3. The quantitative estimate of drug-likeness (QED) is 0.521. The van der Waals surface area contributed by atoms with Crippen molar-refractivity contribution < 1.29 is 15.0 Å². The molecule has 0 aliphatic heterocycles. The van der Waals surface area contributed by atoms with Crippen molar-refractivity contribution in [2.45, 2.75) is 13.3 Å². The lowest BCUT2D eigenvalue weighted by molar-refractivity contribution is -0.134. The fourth-order valence-corrected chi connectivity index (χ4v) is 0. The van der Waals surface area contributed by atoms with E-state index in [0.717, 1.165) is 6.92 Å². The Bertz CT molecular complexity index is 45.6. The normalized spacial score (nSPS) is 6.88. The van der Waals surface area contributed by atoms with Crippen LogP contribution >= 0.6 is 0 Å². The second kappa shape index (κ2) is 9.66. The molecule has 2 N–H and O–H groups in total. The predicted molar refractivity (Wildman–Crippen MR) is 30.4 cm³/mol. The van der Waals surface area contributed by atoms with Gasteiger partial charge in [0.2, 0.25) is 0 Å². The van der Waals surface area contributed by atoms with Crippen molar-refractivity contribution in [2.24, 2.45) is 0 Å². The minimum Gasteiger partial charge on any atom is -0.481 e. The Morgan fingerprint density at radius 3 is 1.88 bits per heavy atom. The third kappa shape index (κ3) is 576. The van der Waals surface area contributed by atoms with Crippen molar-refractivity contribution in [3.8, 4) is 0 Å². The molecule has 3 nitrogen and oxygen atoms in total. The monoisotopic (exact) mass is 119 g/mol. The van der Waals surface area contributed by atoms with E-state index in [1.807, 2.05) is 0 Å². The summed E-state index contributed by atoms with van der Waals surface area (Å²) < 4.78 is 0. The van der Waals surface area contributed by atoms with Gasteiger partial charge in [0.05, 0.1) is 0 Å². The molecule has 0 rings (SSSR count). The van der Waals surface area contributed by atoms with Gasteiger partial charge in [-0.05, 0) is 6.42 Å². The number of hydrogen-bond acceptors (Lipinski definition) is 2. The molecule has 0 saturated carbocycles. The number of aliphatic hydroxyl groups is 1. The van der Waals surface area contributed by atoms with Gasteiger partial charge in [-0.15, -0.1) is 0 Å². The largest absolute Gasteiger partial charge is 0.481 e. The minimum atomic E-state index is -0.833. The number of aliphatic carboxylic acids is 1. The first-order valence-electron chi connectivity index (χ1n) is 2.24. The minimum absolute atomic E-state index is 0.208. The Balaban J connectivity index is 0. The molecule has 0 aromatic carbocycles. The molecule has 0 aliphatic carbocycles. The maximum atomic E-state index is 9.00. The van der Waals surface area contributed by atoms with Crippen LogP contribution in [0.25, 0.3) is 0 Å². The molecule has 0 heterocycles. The summed E-state index contributed by atoms with van der Waals surface area (Å²) in [6.45, 7) is 4.65. The zero-order valence-corrected chi connectivity index (χ0v) is 4.92. The zero-order chi connectivity index (χ0) is 6.99. The van der Waals surface area contributed by atoms with Gasteiger partial charge in [0.15, 0.2) is 0 Å². The van der Waals surface area contributed by atoms with E-state index in [9.17, 15) is 0 Å². The van der Waals surface area contributed by atoms with Gasteiger partial charge in [0, 0.05) is 13.5 Å². The van der Waals surface area contributed by atoms with Gasteiger partial charge in [-0.2, -0.15) is 0 Å². The van der Waals surface area contributed by atoms with Crippen LogP contribution < -0.4 is 0 Å². The predicted octanol–water partition coefficient (Wildman–Crippen LogP) is 0.294. The van der Waals surface area contributed by atoms with E-state index >= 15 is 0 Å². The van der Waals surface area contributed by atoms with Crippen LogP contribution in [0.5, 0.6) is 0 Å². The highest BCUT2D eigenvalue weighted by atomic mass is 16.4. The number of aliphatic hydroxyl groups excluding tert-OH is 1. The average molecular weight is 119 g/mol. The summed E-state index contributed by atoms with van der Waals surface area (Å²) in [6.07, 6.45) is 0.625. The number of carboxylic acid groups (broad SMARTS) is 1. The maximum Gasteiger partial charge on any atom is 0.300 e.